The molecule has 2 atom stereocenters. The van der Waals surface area contributed by atoms with Crippen LogP contribution in [0.15, 0.2) is 30.6 Å². The second-order valence-electron chi connectivity index (χ2n) is 9.09. The molecule has 0 aliphatic rings. The van der Waals surface area contributed by atoms with Gasteiger partial charge in [0.15, 0.2) is 0 Å². The molecule has 0 aromatic carbocycles. The maximum atomic E-state index is 13.7. The van der Waals surface area contributed by atoms with E-state index in [1.807, 2.05) is 0 Å². The van der Waals surface area contributed by atoms with E-state index in [0.29, 0.717) is 16.7 Å². The molecule has 7 nitrogen and oxygen atoms in total. The first-order valence-corrected chi connectivity index (χ1v) is 10.4. The van der Waals surface area contributed by atoms with Gasteiger partial charge in [-0.25, -0.2) is 23.1 Å². The van der Waals surface area contributed by atoms with Gasteiger partial charge in [0.25, 0.3) is 12.3 Å². The molecular weight excluding hydrogens is 437 g/mol. The lowest BCUT2D eigenvalue weighted by Crippen LogP contribution is -2.35. The second-order valence-corrected chi connectivity index (χ2v) is 9.09. The number of anilines is 1. The topological polar surface area (TPSA) is 93.2 Å². The van der Waals surface area contributed by atoms with E-state index in [1.54, 1.807) is 40.7 Å². The van der Waals surface area contributed by atoms with E-state index < -0.39 is 30.2 Å². The van der Waals surface area contributed by atoms with Gasteiger partial charge in [0, 0.05) is 28.9 Å². The van der Waals surface area contributed by atoms with Gasteiger partial charge < -0.3 is 15.4 Å². The van der Waals surface area contributed by atoms with Crippen LogP contribution in [0.5, 0.6) is 5.88 Å². The lowest BCUT2D eigenvalue weighted by atomic mass is 9.96. The molecule has 0 radical (unpaired) electrons. The molecule has 2 unspecified atom stereocenters. The van der Waals surface area contributed by atoms with Crippen molar-refractivity contribution in [2.24, 2.45) is 5.41 Å². The predicted molar refractivity (Wildman–Crippen MR) is 118 cm³/mol. The molecule has 0 saturated heterocycles. The summed E-state index contributed by atoms with van der Waals surface area (Å²) in [6.45, 7) is 8.61. The molecule has 2 amide bonds. The fourth-order valence-corrected chi connectivity index (χ4v) is 2.55. The highest BCUT2D eigenvalue weighted by atomic mass is 19.3. The van der Waals surface area contributed by atoms with Crippen molar-refractivity contribution in [2.75, 3.05) is 11.9 Å². The number of alkyl halides is 3. The molecule has 2 aromatic heterocycles. The molecular formula is C23H29F3N4O3. The summed E-state index contributed by atoms with van der Waals surface area (Å²) < 4.78 is 44.1. The van der Waals surface area contributed by atoms with Crippen LogP contribution in [0.3, 0.4) is 0 Å². The molecule has 10 heteroatoms. The second kappa shape index (κ2) is 10.2. The van der Waals surface area contributed by atoms with Crippen molar-refractivity contribution in [3.05, 3.63) is 47.3 Å². The predicted octanol–water partition coefficient (Wildman–Crippen LogP) is 4.63. The third-order valence-electron chi connectivity index (χ3n) is 4.79. The lowest BCUT2D eigenvalue weighted by Gasteiger charge is -2.20. The summed E-state index contributed by atoms with van der Waals surface area (Å²) in [6.07, 6.45) is -0.330. The van der Waals surface area contributed by atoms with E-state index in [1.165, 1.54) is 24.5 Å². The number of hydrogen-bond acceptors (Lipinski definition) is 5. The monoisotopic (exact) mass is 466 g/mol. The molecule has 0 spiro atoms. The van der Waals surface area contributed by atoms with Crippen LogP contribution < -0.4 is 15.4 Å². The quantitative estimate of drug-likeness (QED) is 0.592. The van der Waals surface area contributed by atoms with Crippen LogP contribution in [0, 0.1) is 12.3 Å². The van der Waals surface area contributed by atoms with Gasteiger partial charge in [-0.3, -0.25) is 9.59 Å². The van der Waals surface area contributed by atoms with Gasteiger partial charge in [0.1, 0.15) is 12.4 Å². The van der Waals surface area contributed by atoms with Gasteiger partial charge in [-0.15, -0.1) is 0 Å². The number of nitrogens with one attached hydrogen (secondary N) is 2. The Morgan fingerprint density at radius 2 is 1.82 bits per heavy atom. The number of carbonyl (C=O) groups excluding carboxylic acids is 2. The number of hydrogen-bond donors (Lipinski definition) is 2. The summed E-state index contributed by atoms with van der Waals surface area (Å²) in [4.78, 5) is 33.0. The average Bonchev–Trinajstić information content (AvgIpc) is 2.72. The maximum absolute atomic E-state index is 13.7. The van der Waals surface area contributed by atoms with Crippen LogP contribution in [0.25, 0.3) is 0 Å². The minimum atomic E-state index is -3.18. The number of amides is 2. The van der Waals surface area contributed by atoms with Crippen LogP contribution in [0.4, 0.5) is 19.0 Å². The minimum Gasteiger partial charge on any atom is -0.474 e. The summed E-state index contributed by atoms with van der Waals surface area (Å²) in [6, 6.07) is 4.22. The zero-order valence-corrected chi connectivity index (χ0v) is 19.5. The Morgan fingerprint density at radius 1 is 1.15 bits per heavy atom. The van der Waals surface area contributed by atoms with E-state index in [0.717, 1.165) is 6.92 Å². The highest BCUT2D eigenvalue weighted by molar-refractivity contribution is 5.97. The Labute approximate surface area is 191 Å². The first-order valence-electron chi connectivity index (χ1n) is 10.4. The minimum absolute atomic E-state index is 0.0372. The number of ether oxygens (including phenoxy) is 1. The zero-order valence-electron chi connectivity index (χ0n) is 19.5. The summed E-state index contributed by atoms with van der Waals surface area (Å²) in [7, 11) is 0. The van der Waals surface area contributed by atoms with Crippen molar-refractivity contribution >= 4 is 17.6 Å². The number of halogens is 3. The van der Waals surface area contributed by atoms with Crippen molar-refractivity contribution in [3.63, 3.8) is 0 Å². The van der Waals surface area contributed by atoms with E-state index in [2.05, 4.69) is 20.6 Å². The zero-order chi connectivity index (χ0) is 25.0. The third kappa shape index (κ3) is 7.16. The lowest BCUT2D eigenvalue weighted by molar-refractivity contribution is -0.123. The van der Waals surface area contributed by atoms with Crippen LogP contribution in [-0.2, 0) is 4.79 Å². The molecule has 0 bridgehead atoms. The molecule has 33 heavy (non-hydrogen) atoms. The summed E-state index contributed by atoms with van der Waals surface area (Å²) in [5.74, 6) is -0.321. The van der Waals surface area contributed by atoms with E-state index in [9.17, 15) is 22.8 Å². The van der Waals surface area contributed by atoms with Gasteiger partial charge in [-0.1, -0.05) is 20.8 Å². The average molecular weight is 467 g/mol. The van der Waals surface area contributed by atoms with Crippen LogP contribution in [0.2, 0.25) is 0 Å². The Balaban J connectivity index is 2.05. The summed E-state index contributed by atoms with van der Waals surface area (Å²) in [5.41, 5.74) is -1.95. The maximum Gasteiger partial charge on any atom is 0.275 e. The van der Waals surface area contributed by atoms with Crippen molar-refractivity contribution in [3.8, 4) is 5.88 Å². The van der Waals surface area contributed by atoms with Crippen LogP contribution >= 0.6 is 0 Å². The van der Waals surface area contributed by atoms with Gasteiger partial charge in [0.05, 0.1) is 6.04 Å². The summed E-state index contributed by atoms with van der Waals surface area (Å²) in [5, 5.41) is 5.50. The Kier molecular flexibility index (Phi) is 8.05. The normalized spacial score (nSPS) is 14.4. The molecule has 180 valence electrons. The van der Waals surface area contributed by atoms with Crippen molar-refractivity contribution < 1.29 is 27.5 Å². The SMILES string of the molecule is Cc1cc(C(C)NC(=O)c2ccnc(NC(=O)C(C)(C)C)c2)cnc1OCC(C)(F)C(F)F. The number of pyridine rings is 2. The first kappa shape index (κ1) is 26.1. The van der Waals surface area contributed by atoms with Crippen LogP contribution in [0.1, 0.15) is 62.1 Å². The number of carbonyl (C=O) groups is 2. The van der Waals surface area contributed by atoms with Gasteiger partial charge in [-0.2, -0.15) is 0 Å². The highest BCUT2D eigenvalue weighted by Gasteiger charge is 2.36. The molecule has 2 heterocycles. The smallest absolute Gasteiger partial charge is 0.275 e. The number of aryl methyl sites for hydroxylation is 1. The van der Waals surface area contributed by atoms with Crippen LogP contribution in [-0.4, -0.2) is 40.5 Å². The van der Waals surface area contributed by atoms with Gasteiger partial charge in [0.2, 0.25) is 17.5 Å². The van der Waals surface area contributed by atoms with Gasteiger partial charge >= 0.3 is 0 Å². The molecule has 0 aliphatic carbocycles. The van der Waals surface area contributed by atoms with Gasteiger partial charge in [-0.05, 0) is 44.5 Å². The Hall–Kier alpha value is -3.17. The van der Waals surface area contributed by atoms with Crippen molar-refractivity contribution in [1.29, 1.82) is 0 Å². The molecule has 0 aliphatic heterocycles. The first-order chi connectivity index (χ1) is 15.2. The van der Waals surface area contributed by atoms with E-state index in [-0.39, 0.29) is 23.5 Å². The largest absolute Gasteiger partial charge is 0.474 e. The number of aromatic nitrogens is 2. The third-order valence-corrected chi connectivity index (χ3v) is 4.79. The molecule has 2 rings (SSSR count). The number of nitrogens with zero attached hydrogens (tertiary/aromatic N) is 2. The fourth-order valence-electron chi connectivity index (χ4n) is 2.55. The highest BCUT2D eigenvalue weighted by Crippen LogP contribution is 2.25. The summed E-state index contributed by atoms with van der Waals surface area (Å²) >= 11 is 0. The molecule has 2 N–H and O–H groups in total. The fraction of sp³-hybridized carbons (Fsp3) is 0.478. The Morgan fingerprint density at radius 3 is 2.39 bits per heavy atom. The van der Waals surface area contributed by atoms with E-state index in [4.69, 9.17) is 4.74 Å². The van der Waals surface area contributed by atoms with Crippen molar-refractivity contribution in [1.82, 2.24) is 15.3 Å². The number of rotatable bonds is 8. The molecule has 2 aromatic rings. The van der Waals surface area contributed by atoms with Crippen molar-refractivity contribution in [2.45, 2.75) is 59.7 Å². The molecule has 0 saturated carbocycles. The van der Waals surface area contributed by atoms with E-state index >= 15 is 0 Å². The molecule has 0 fully saturated rings. The Bertz CT molecular complexity index is 1010. The standard InChI is InChI=1S/C23H29F3N4O3/c1-13-9-16(11-28-19(13)33-12-23(6,26)20(24)25)14(2)29-18(31)15-7-8-27-17(10-15)30-21(32)22(3,4)5/h7-11,14,20H,12H2,1-6H3,(H,29,31)(H,27,30,32).